The molecule has 4 heteroatoms. The van der Waals surface area contributed by atoms with Gasteiger partial charge in [0.2, 0.25) is 0 Å². The highest BCUT2D eigenvalue weighted by molar-refractivity contribution is 5.33. The van der Waals surface area contributed by atoms with E-state index >= 15 is 0 Å². The van der Waals surface area contributed by atoms with Crippen molar-refractivity contribution >= 4 is 0 Å². The molecule has 96 valence electrons. The Morgan fingerprint density at radius 3 is 2.72 bits per heavy atom. The van der Waals surface area contributed by atoms with Gasteiger partial charge in [0.15, 0.2) is 6.10 Å². The maximum Gasteiger partial charge on any atom is 0.171 e. The van der Waals surface area contributed by atoms with Crippen LogP contribution in [0.15, 0.2) is 41.0 Å². The molecule has 2 unspecified atom stereocenters. The van der Waals surface area contributed by atoms with Gasteiger partial charge in [-0.25, -0.2) is 4.39 Å². The Morgan fingerprint density at radius 1 is 1.33 bits per heavy atom. The van der Waals surface area contributed by atoms with E-state index in [0.29, 0.717) is 11.5 Å². The Bertz CT molecular complexity index is 509. The Balaban J connectivity index is 2.27. The topological polar surface area (TPSA) is 48.4 Å². The molecule has 0 amide bonds. The second-order valence-corrected chi connectivity index (χ2v) is 4.32. The van der Waals surface area contributed by atoms with E-state index in [1.54, 1.807) is 24.5 Å². The Kier molecular flexibility index (Phi) is 3.67. The molecule has 2 rings (SSSR count). The zero-order valence-corrected chi connectivity index (χ0v) is 10.4. The molecule has 0 saturated carbocycles. The monoisotopic (exact) mass is 249 g/mol. The molecule has 3 nitrogen and oxygen atoms in total. The molecule has 0 fully saturated rings. The van der Waals surface area contributed by atoms with E-state index in [1.165, 1.54) is 12.1 Å². The molecule has 2 atom stereocenters. The average Bonchev–Trinajstić information content (AvgIpc) is 2.83. The summed E-state index contributed by atoms with van der Waals surface area (Å²) in [4.78, 5) is 0. The van der Waals surface area contributed by atoms with Crippen LogP contribution in [0.1, 0.15) is 24.4 Å². The molecule has 0 radical (unpaired) electrons. The van der Waals surface area contributed by atoms with Crippen molar-refractivity contribution in [1.29, 1.82) is 0 Å². The number of furan rings is 1. The van der Waals surface area contributed by atoms with Crippen molar-refractivity contribution in [3.05, 3.63) is 53.7 Å². The number of rotatable bonds is 4. The molecule has 1 heterocycles. The molecule has 0 aliphatic carbocycles. The van der Waals surface area contributed by atoms with E-state index in [-0.39, 0.29) is 11.9 Å². The Hall–Kier alpha value is -1.81. The Morgan fingerprint density at radius 2 is 2.11 bits per heavy atom. The molecule has 18 heavy (non-hydrogen) atoms. The van der Waals surface area contributed by atoms with Gasteiger partial charge in [-0.1, -0.05) is 6.07 Å². The lowest BCUT2D eigenvalue weighted by Gasteiger charge is -2.21. The van der Waals surface area contributed by atoms with E-state index < -0.39 is 6.10 Å². The fourth-order valence-electron chi connectivity index (χ4n) is 1.72. The number of aryl methyl sites for hydroxylation is 1. The predicted octanol–water partition coefficient (Wildman–Crippen LogP) is 3.19. The summed E-state index contributed by atoms with van der Waals surface area (Å²) in [6.07, 6.45) is 1.13. The van der Waals surface area contributed by atoms with Crippen LogP contribution in [-0.2, 0) is 0 Å². The molecule has 2 N–H and O–H groups in total. The minimum Gasteiger partial charge on any atom is -0.480 e. The molecular weight excluding hydrogens is 233 g/mol. The first-order chi connectivity index (χ1) is 8.58. The highest BCUT2D eigenvalue weighted by Crippen LogP contribution is 2.27. The maximum absolute atomic E-state index is 13.2. The van der Waals surface area contributed by atoms with Crippen LogP contribution >= 0.6 is 0 Å². The van der Waals surface area contributed by atoms with Crippen molar-refractivity contribution in [2.45, 2.75) is 26.0 Å². The van der Waals surface area contributed by atoms with Gasteiger partial charge in [-0.05, 0) is 37.6 Å². The van der Waals surface area contributed by atoms with Gasteiger partial charge in [0, 0.05) is 12.1 Å². The van der Waals surface area contributed by atoms with Gasteiger partial charge in [-0.3, -0.25) is 0 Å². The third-order valence-corrected chi connectivity index (χ3v) is 2.71. The van der Waals surface area contributed by atoms with Crippen molar-refractivity contribution in [3.8, 4) is 5.75 Å². The summed E-state index contributed by atoms with van der Waals surface area (Å²) in [6, 6.07) is 7.72. The van der Waals surface area contributed by atoms with Gasteiger partial charge < -0.3 is 14.9 Å². The van der Waals surface area contributed by atoms with E-state index in [9.17, 15) is 4.39 Å². The van der Waals surface area contributed by atoms with E-state index in [0.717, 1.165) is 5.56 Å². The second kappa shape index (κ2) is 5.23. The fourth-order valence-corrected chi connectivity index (χ4v) is 1.72. The minimum absolute atomic E-state index is 0.265. The van der Waals surface area contributed by atoms with E-state index in [4.69, 9.17) is 14.9 Å². The van der Waals surface area contributed by atoms with Crippen molar-refractivity contribution in [2.75, 3.05) is 0 Å². The van der Waals surface area contributed by atoms with Crippen LogP contribution in [0.5, 0.6) is 5.75 Å². The van der Waals surface area contributed by atoms with Gasteiger partial charge in [0.25, 0.3) is 0 Å². The lowest BCUT2D eigenvalue weighted by atomic mass is 10.1. The SMILES string of the molecule is Cc1ccc(F)cc1OC(c1ccco1)C(C)N. The fraction of sp³-hybridized carbons (Fsp3) is 0.286. The number of benzene rings is 1. The summed E-state index contributed by atoms with van der Waals surface area (Å²) in [5, 5.41) is 0. The molecule has 2 aromatic rings. The smallest absolute Gasteiger partial charge is 0.171 e. The van der Waals surface area contributed by atoms with E-state index in [1.807, 2.05) is 13.8 Å². The second-order valence-electron chi connectivity index (χ2n) is 4.32. The predicted molar refractivity (Wildman–Crippen MR) is 66.9 cm³/mol. The lowest BCUT2D eigenvalue weighted by molar-refractivity contribution is 0.151. The number of hydrogen-bond acceptors (Lipinski definition) is 3. The number of ether oxygens (including phenoxy) is 1. The zero-order chi connectivity index (χ0) is 13.1. The van der Waals surface area contributed by atoms with Crippen LogP contribution in [0, 0.1) is 12.7 Å². The number of halogens is 1. The summed E-state index contributed by atoms with van der Waals surface area (Å²) in [5.74, 6) is 0.779. The largest absolute Gasteiger partial charge is 0.480 e. The van der Waals surface area contributed by atoms with Crippen LogP contribution in [-0.4, -0.2) is 6.04 Å². The first-order valence-electron chi connectivity index (χ1n) is 5.79. The molecular formula is C14H16FNO2. The van der Waals surface area contributed by atoms with Crippen molar-refractivity contribution < 1.29 is 13.5 Å². The minimum atomic E-state index is -0.430. The molecule has 0 bridgehead atoms. The van der Waals surface area contributed by atoms with Crippen LogP contribution in [0.4, 0.5) is 4.39 Å². The van der Waals surface area contributed by atoms with Crippen LogP contribution < -0.4 is 10.5 Å². The third kappa shape index (κ3) is 2.71. The third-order valence-electron chi connectivity index (χ3n) is 2.71. The van der Waals surface area contributed by atoms with Crippen molar-refractivity contribution in [3.63, 3.8) is 0 Å². The van der Waals surface area contributed by atoms with Gasteiger partial charge in [-0.2, -0.15) is 0 Å². The highest BCUT2D eigenvalue weighted by atomic mass is 19.1. The summed E-state index contributed by atoms with van der Waals surface area (Å²) < 4.78 is 24.3. The number of nitrogens with two attached hydrogens (primary N) is 1. The molecule has 1 aromatic heterocycles. The molecule has 0 saturated heterocycles. The van der Waals surface area contributed by atoms with E-state index in [2.05, 4.69) is 0 Å². The average molecular weight is 249 g/mol. The van der Waals surface area contributed by atoms with Crippen LogP contribution in [0.2, 0.25) is 0 Å². The summed E-state index contributed by atoms with van der Waals surface area (Å²) in [7, 11) is 0. The normalized spacial score (nSPS) is 14.2. The lowest BCUT2D eigenvalue weighted by Crippen LogP contribution is -2.28. The summed E-state index contributed by atoms with van der Waals surface area (Å²) in [6.45, 7) is 3.68. The van der Waals surface area contributed by atoms with Crippen molar-refractivity contribution in [1.82, 2.24) is 0 Å². The van der Waals surface area contributed by atoms with Crippen LogP contribution in [0.3, 0.4) is 0 Å². The quantitative estimate of drug-likeness (QED) is 0.905. The first kappa shape index (κ1) is 12.6. The van der Waals surface area contributed by atoms with Gasteiger partial charge in [0.1, 0.15) is 17.3 Å². The zero-order valence-electron chi connectivity index (χ0n) is 10.4. The van der Waals surface area contributed by atoms with Crippen molar-refractivity contribution in [2.24, 2.45) is 5.73 Å². The van der Waals surface area contributed by atoms with Gasteiger partial charge >= 0.3 is 0 Å². The standard InChI is InChI=1S/C14H16FNO2/c1-9-5-6-11(15)8-13(9)18-14(10(2)16)12-4-3-7-17-12/h3-8,10,14H,16H2,1-2H3. The summed E-state index contributed by atoms with van der Waals surface area (Å²) >= 11 is 0. The molecule has 1 aromatic carbocycles. The summed E-state index contributed by atoms with van der Waals surface area (Å²) in [5.41, 5.74) is 6.74. The van der Waals surface area contributed by atoms with Gasteiger partial charge in [-0.15, -0.1) is 0 Å². The Labute approximate surface area is 105 Å². The molecule has 0 spiro atoms. The maximum atomic E-state index is 13.2. The number of hydrogen-bond donors (Lipinski definition) is 1. The first-order valence-corrected chi connectivity index (χ1v) is 5.79. The van der Waals surface area contributed by atoms with Crippen LogP contribution in [0.25, 0.3) is 0 Å². The molecule has 0 aliphatic heterocycles. The molecule has 0 aliphatic rings. The van der Waals surface area contributed by atoms with Gasteiger partial charge in [0.05, 0.1) is 6.26 Å². The highest BCUT2D eigenvalue weighted by Gasteiger charge is 2.21.